The molecule has 0 aliphatic heterocycles. The minimum atomic E-state index is -4.80. The molecule has 3 N–H and O–H groups in total. The predicted octanol–water partition coefficient (Wildman–Crippen LogP) is 3.90. The summed E-state index contributed by atoms with van der Waals surface area (Å²) in [6.07, 6.45) is -3.40. The Balaban J connectivity index is 1.84. The van der Waals surface area contributed by atoms with Gasteiger partial charge in [-0.2, -0.15) is 0 Å². The number of alkyl halides is 3. The Hall–Kier alpha value is -2.79. The van der Waals surface area contributed by atoms with Crippen molar-refractivity contribution < 1.29 is 17.9 Å². The van der Waals surface area contributed by atoms with Crippen LogP contribution in [0.4, 0.5) is 30.5 Å². The molecule has 0 spiro atoms. The van der Waals surface area contributed by atoms with E-state index in [2.05, 4.69) is 48.3 Å². The third-order valence-electron chi connectivity index (χ3n) is 3.46. The molecule has 0 radical (unpaired) electrons. The zero-order valence-corrected chi connectivity index (χ0v) is 15.6. The number of fused-ring (bicyclic) bond motifs is 1. The number of halogens is 3. The minimum Gasteiger partial charge on any atom is -0.404 e. The summed E-state index contributed by atoms with van der Waals surface area (Å²) in [5.74, 6) is 0.383. The van der Waals surface area contributed by atoms with Gasteiger partial charge in [-0.05, 0) is 30.8 Å². The topological polar surface area (TPSA) is 84.0 Å². The van der Waals surface area contributed by atoms with Crippen LogP contribution in [0.3, 0.4) is 0 Å². The molecule has 0 saturated carbocycles. The summed E-state index contributed by atoms with van der Waals surface area (Å²) in [7, 11) is 0. The predicted molar refractivity (Wildman–Crippen MR) is 104 cm³/mol. The first kappa shape index (κ1) is 20.0. The minimum absolute atomic E-state index is 0.102. The number of benzene rings is 1. The Morgan fingerprint density at radius 3 is 2.61 bits per heavy atom. The number of hydrogen-bond acceptors (Lipinski definition) is 8. The van der Waals surface area contributed by atoms with Crippen molar-refractivity contribution >= 4 is 41.1 Å². The molecular weight excluding hydrogens is 393 g/mol. The molecule has 1 unspecified atom stereocenters. The van der Waals surface area contributed by atoms with Gasteiger partial charge in [0.05, 0.1) is 11.9 Å². The van der Waals surface area contributed by atoms with Crippen LogP contribution in [0, 0.1) is 0 Å². The van der Waals surface area contributed by atoms with Crippen LogP contribution in [0.25, 0.3) is 11.2 Å². The Kier molecular flexibility index (Phi) is 6.05. The number of ether oxygens (including phenoxy) is 1. The first-order valence-corrected chi connectivity index (χ1v) is 8.79. The number of pyridine rings is 1. The molecule has 3 rings (SSSR count). The number of nitrogens with one attached hydrogen (secondary N) is 3. The number of para-hydroxylation sites is 2. The Labute approximate surface area is 164 Å². The lowest BCUT2D eigenvalue weighted by Gasteiger charge is -2.15. The van der Waals surface area contributed by atoms with E-state index < -0.39 is 6.36 Å². The number of rotatable bonds is 7. The monoisotopic (exact) mass is 410 g/mol. The van der Waals surface area contributed by atoms with E-state index in [0.717, 1.165) is 6.54 Å². The van der Waals surface area contributed by atoms with Crippen molar-refractivity contribution in [2.75, 3.05) is 17.2 Å². The van der Waals surface area contributed by atoms with Gasteiger partial charge in [0, 0.05) is 0 Å². The van der Waals surface area contributed by atoms with E-state index in [0.29, 0.717) is 17.0 Å². The number of hydrogen-bond donors (Lipinski definition) is 4. The summed E-state index contributed by atoms with van der Waals surface area (Å²) < 4.78 is 41.7. The number of anilines is 3. The zero-order chi connectivity index (χ0) is 20.1. The third-order valence-corrected chi connectivity index (χ3v) is 3.78. The summed E-state index contributed by atoms with van der Waals surface area (Å²) in [5, 5.41) is 8.90. The first-order valence-electron chi connectivity index (χ1n) is 8.27. The van der Waals surface area contributed by atoms with E-state index in [-0.39, 0.29) is 22.8 Å². The lowest BCUT2D eigenvalue weighted by molar-refractivity contribution is -0.274. The first-order chi connectivity index (χ1) is 13.3. The Bertz CT molecular complexity index is 956. The van der Waals surface area contributed by atoms with Crippen LogP contribution in [-0.4, -0.2) is 33.4 Å². The summed E-state index contributed by atoms with van der Waals surface area (Å²) in [6.45, 7) is 2.67. The molecule has 1 atom stereocenters. The molecule has 28 heavy (non-hydrogen) atoms. The maximum absolute atomic E-state index is 12.6. The van der Waals surface area contributed by atoms with Gasteiger partial charge < -0.3 is 15.4 Å². The third kappa shape index (κ3) is 5.36. The van der Waals surface area contributed by atoms with E-state index in [1.54, 1.807) is 18.2 Å². The largest absolute Gasteiger partial charge is 0.573 e. The van der Waals surface area contributed by atoms with Crippen LogP contribution in [0.1, 0.15) is 6.92 Å². The zero-order valence-electron chi connectivity index (χ0n) is 14.7. The summed E-state index contributed by atoms with van der Waals surface area (Å²) in [4.78, 5) is 12.9. The fourth-order valence-electron chi connectivity index (χ4n) is 2.34. The second-order valence-corrected chi connectivity index (χ2v) is 6.08. The molecule has 2 aromatic heterocycles. The fraction of sp³-hybridized carbons (Fsp3) is 0.235. The molecule has 0 amide bonds. The van der Waals surface area contributed by atoms with Gasteiger partial charge in [-0.15, -0.1) is 25.8 Å². The van der Waals surface area contributed by atoms with Crippen LogP contribution >= 0.6 is 12.6 Å². The number of nitrogens with zero attached hydrogens (tertiary/aromatic N) is 3. The lowest BCUT2D eigenvalue weighted by atomic mass is 10.3. The molecule has 0 aliphatic rings. The van der Waals surface area contributed by atoms with Crippen molar-refractivity contribution in [1.82, 2.24) is 20.3 Å². The summed E-state index contributed by atoms with van der Waals surface area (Å²) in [6, 6.07) is 9.13. The average molecular weight is 410 g/mol. The molecule has 0 fully saturated rings. The average Bonchev–Trinajstić information content (AvgIpc) is 2.62. The molecule has 0 saturated heterocycles. The normalized spacial score (nSPS) is 12.6. The molecule has 0 bridgehead atoms. The summed E-state index contributed by atoms with van der Waals surface area (Å²) in [5.41, 5.74) is 0.664. The van der Waals surface area contributed by atoms with Crippen molar-refractivity contribution in [3.63, 3.8) is 0 Å². The van der Waals surface area contributed by atoms with Gasteiger partial charge in [-0.1, -0.05) is 19.1 Å². The highest BCUT2D eigenvalue weighted by Crippen LogP contribution is 2.31. The second-order valence-electron chi connectivity index (χ2n) is 5.57. The van der Waals surface area contributed by atoms with Gasteiger partial charge in [-0.25, -0.2) is 15.0 Å². The maximum atomic E-state index is 12.6. The van der Waals surface area contributed by atoms with E-state index in [1.807, 2.05) is 6.92 Å². The lowest BCUT2D eigenvalue weighted by Crippen LogP contribution is -2.31. The molecular formula is C17H17F3N6OS. The molecule has 11 heteroatoms. The van der Waals surface area contributed by atoms with Crippen molar-refractivity contribution in [2.45, 2.75) is 18.8 Å². The van der Waals surface area contributed by atoms with Crippen LogP contribution in [0.15, 0.2) is 42.6 Å². The van der Waals surface area contributed by atoms with E-state index in [9.17, 15) is 13.2 Å². The van der Waals surface area contributed by atoms with E-state index >= 15 is 0 Å². The SMILES string of the molecule is CCNC(S)Nc1ccc2ncc(Nc3ccccc3OC(F)(F)F)nc2n1. The Morgan fingerprint density at radius 2 is 1.86 bits per heavy atom. The smallest absolute Gasteiger partial charge is 0.404 e. The van der Waals surface area contributed by atoms with Gasteiger partial charge in [0.25, 0.3) is 0 Å². The van der Waals surface area contributed by atoms with Gasteiger partial charge in [-0.3, -0.25) is 5.32 Å². The van der Waals surface area contributed by atoms with Gasteiger partial charge in [0.2, 0.25) is 0 Å². The quantitative estimate of drug-likeness (QED) is 0.347. The van der Waals surface area contributed by atoms with Crippen LogP contribution in [-0.2, 0) is 0 Å². The highest BCUT2D eigenvalue weighted by atomic mass is 32.1. The van der Waals surface area contributed by atoms with E-state index in [1.165, 1.54) is 24.4 Å². The molecule has 148 valence electrons. The molecule has 3 aromatic rings. The summed E-state index contributed by atoms with van der Waals surface area (Å²) >= 11 is 4.33. The fourth-order valence-corrected chi connectivity index (χ4v) is 2.66. The number of thiol groups is 1. The maximum Gasteiger partial charge on any atom is 0.573 e. The van der Waals surface area contributed by atoms with E-state index in [4.69, 9.17) is 0 Å². The van der Waals surface area contributed by atoms with Crippen molar-refractivity contribution in [3.05, 3.63) is 42.6 Å². The Morgan fingerprint density at radius 1 is 1.11 bits per heavy atom. The van der Waals surface area contributed by atoms with Crippen LogP contribution in [0.5, 0.6) is 5.75 Å². The van der Waals surface area contributed by atoms with Crippen LogP contribution < -0.4 is 20.7 Å². The van der Waals surface area contributed by atoms with Gasteiger partial charge >= 0.3 is 6.36 Å². The molecule has 0 aliphatic carbocycles. The second kappa shape index (κ2) is 8.48. The molecule has 2 heterocycles. The van der Waals surface area contributed by atoms with Crippen molar-refractivity contribution in [3.8, 4) is 5.75 Å². The molecule has 7 nitrogen and oxygen atoms in total. The van der Waals surface area contributed by atoms with Crippen molar-refractivity contribution in [2.24, 2.45) is 0 Å². The molecule has 1 aromatic carbocycles. The number of aromatic nitrogens is 3. The van der Waals surface area contributed by atoms with Gasteiger partial charge in [0.15, 0.2) is 17.2 Å². The highest BCUT2D eigenvalue weighted by Gasteiger charge is 2.32. The standard InChI is InChI=1S/C17H17F3N6OS/c1-2-21-16(28)26-13-8-7-11-15(24-13)25-14(9-22-11)23-10-5-3-4-6-12(10)27-17(18,19)20/h3-9,16,21,28H,2H2,1H3,(H2,23,24,25,26). The van der Waals surface area contributed by atoms with Gasteiger partial charge in [0.1, 0.15) is 16.8 Å². The highest BCUT2D eigenvalue weighted by molar-refractivity contribution is 7.81. The van der Waals surface area contributed by atoms with Crippen LogP contribution in [0.2, 0.25) is 0 Å². The van der Waals surface area contributed by atoms with Crippen molar-refractivity contribution in [1.29, 1.82) is 0 Å².